The number of nitrogens with one attached hydrogen (secondary N) is 2. The van der Waals surface area contributed by atoms with Crippen LogP contribution in [0.2, 0.25) is 0 Å². The Morgan fingerprint density at radius 1 is 1.35 bits per heavy atom. The van der Waals surface area contributed by atoms with Gasteiger partial charge in [0.15, 0.2) is 5.65 Å². The number of amides is 2. The Kier molecular flexibility index (Phi) is 4.85. The van der Waals surface area contributed by atoms with Crippen molar-refractivity contribution in [2.24, 2.45) is 7.05 Å². The fourth-order valence-electron chi connectivity index (χ4n) is 4.40. The van der Waals surface area contributed by atoms with Gasteiger partial charge in [-0.15, -0.1) is 0 Å². The summed E-state index contributed by atoms with van der Waals surface area (Å²) >= 11 is 0. The number of hydrogen-bond donors (Lipinski definition) is 2. The van der Waals surface area contributed by atoms with Gasteiger partial charge in [-0.05, 0) is 25.5 Å². The quantitative estimate of drug-likeness (QED) is 0.663. The first-order valence-corrected chi connectivity index (χ1v) is 10.5. The van der Waals surface area contributed by atoms with Gasteiger partial charge in [0.25, 0.3) is 0 Å². The molecule has 0 saturated carbocycles. The van der Waals surface area contributed by atoms with Crippen molar-refractivity contribution in [3.05, 3.63) is 30.1 Å². The molecule has 2 amide bonds. The second-order valence-electron chi connectivity index (χ2n) is 8.03. The summed E-state index contributed by atoms with van der Waals surface area (Å²) in [5.74, 6) is 1.05. The van der Waals surface area contributed by atoms with Crippen molar-refractivity contribution in [3.8, 4) is 5.88 Å². The maximum Gasteiger partial charge on any atom is 0.327 e. The second kappa shape index (κ2) is 7.69. The monoisotopic (exact) mass is 422 g/mol. The normalized spacial score (nSPS) is 18.4. The number of methoxy groups -OCH3 is 1. The Bertz CT molecular complexity index is 1140. The molecule has 1 atom stereocenters. The molecule has 0 spiro atoms. The van der Waals surface area contributed by atoms with Gasteiger partial charge < -0.3 is 20.3 Å². The van der Waals surface area contributed by atoms with Gasteiger partial charge in [-0.1, -0.05) is 0 Å². The molecule has 2 aliphatic heterocycles. The van der Waals surface area contributed by atoms with E-state index in [-0.39, 0.29) is 6.03 Å². The molecule has 2 N–H and O–H groups in total. The van der Waals surface area contributed by atoms with Gasteiger partial charge in [-0.3, -0.25) is 9.58 Å². The highest BCUT2D eigenvalue weighted by Gasteiger charge is 2.31. The highest BCUT2D eigenvalue weighted by Crippen LogP contribution is 2.35. The Balaban J connectivity index is 1.41. The minimum Gasteiger partial charge on any atom is -0.479 e. The van der Waals surface area contributed by atoms with Crippen LogP contribution in [0.5, 0.6) is 5.88 Å². The summed E-state index contributed by atoms with van der Waals surface area (Å²) in [6.07, 6.45) is 4.42. The maximum atomic E-state index is 13.2. The van der Waals surface area contributed by atoms with Crippen LogP contribution >= 0.6 is 0 Å². The second-order valence-corrected chi connectivity index (χ2v) is 8.03. The molecular formula is C21H26N8O2. The zero-order chi connectivity index (χ0) is 21.5. The van der Waals surface area contributed by atoms with Crippen molar-refractivity contribution >= 4 is 34.3 Å². The van der Waals surface area contributed by atoms with E-state index in [1.54, 1.807) is 15.8 Å². The van der Waals surface area contributed by atoms with Crippen LogP contribution in [0.4, 0.5) is 22.0 Å². The third-order valence-corrected chi connectivity index (χ3v) is 5.81. The third kappa shape index (κ3) is 3.52. The lowest BCUT2D eigenvalue weighted by molar-refractivity contribution is 0.257. The summed E-state index contributed by atoms with van der Waals surface area (Å²) < 4.78 is 7.06. The summed E-state index contributed by atoms with van der Waals surface area (Å²) in [7, 11) is 3.36. The van der Waals surface area contributed by atoms with E-state index in [0.717, 1.165) is 42.8 Å². The number of fused-ring (bicyclic) bond motifs is 2. The number of ether oxygens (including phenoxy) is 1. The zero-order valence-electron chi connectivity index (χ0n) is 17.9. The van der Waals surface area contributed by atoms with Crippen LogP contribution in [-0.2, 0) is 13.5 Å². The number of piperazine rings is 1. The molecule has 0 aromatic carbocycles. The number of pyridine rings is 2. The van der Waals surface area contributed by atoms with Crippen molar-refractivity contribution in [1.29, 1.82) is 0 Å². The highest BCUT2D eigenvalue weighted by molar-refractivity contribution is 6.04. The fraction of sp³-hybridized carbons (Fsp3) is 0.429. The Morgan fingerprint density at radius 2 is 2.23 bits per heavy atom. The van der Waals surface area contributed by atoms with Crippen molar-refractivity contribution in [2.75, 3.05) is 48.4 Å². The van der Waals surface area contributed by atoms with Crippen LogP contribution < -0.4 is 25.2 Å². The molecule has 0 aliphatic carbocycles. The molecule has 5 rings (SSSR count). The molecule has 2 aliphatic rings. The highest BCUT2D eigenvalue weighted by atomic mass is 16.5. The van der Waals surface area contributed by atoms with E-state index >= 15 is 0 Å². The first kappa shape index (κ1) is 19.6. The molecule has 5 heterocycles. The van der Waals surface area contributed by atoms with E-state index in [1.165, 1.54) is 12.8 Å². The van der Waals surface area contributed by atoms with Gasteiger partial charge in [0.05, 0.1) is 7.11 Å². The number of carbonyl (C=O) groups excluding carboxylic acids is 1. The Hall–Kier alpha value is -3.40. The van der Waals surface area contributed by atoms with Gasteiger partial charge in [-0.25, -0.2) is 9.78 Å². The minimum atomic E-state index is -0.250. The van der Waals surface area contributed by atoms with E-state index < -0.39 is 0 Å². The minimum absolute atomic E-state index is 0.250. The summed E-state index contributed by atoms with van der Waals surface area (Å²) in [6.45, 7) is 5.61. The van der Waals surface area contributed by atoms with Gasteiger partial charge in [0.1, 0.15) is 11.5 Å². The van der Waals surface area contributed by atoms with Gasteiger partial charge in [0, 0.05) is 68.3 Å². The predicted octanol–water partition coefficient (Wildman–Crippen LogP) is 1.76. The van der Waals surface area contributed by atoms with E-state index in [0.29, 0.717) is 29.8 Å². The van der Waals surface area contributed by atoms with Crippen LogP contribution in [0.3, 0.4) is 0 Å². The number of aryl methyl sites for hydroxylation is 1. The molecule has 31 heavy (non-hydrogen) atoms. The lowest BCUT2D eigenvalue weighted by atomic mass is 10.1. The van der Waals surface area contributed by atoms with Crippen molar-refractivity contribution in [3.63, 3.8) is 0 Å². The number of carbonyl (C=O) groups is 1. The number of hydrogen-bond acceptors (Lipinski definition) is 7. The topological polar surface area (TPSA) is 100 Å². The molecule has 162 valence electrons. The van der Waals surface area contributed by atoms with Crippen molar-refractivity contribution in [1.82, 2.24) is 25.1 Å². The first-order valence-electron chi connectivity index (χ1n) is 10.5. The van der Waals surface area contributed by atoms with E-state index in [4.69, 9.17) is 4.74 Å². The largest absolute Gasteiger partial charge is 0.479 e. The predicted molar refractivity (Wildman–Crippen MR) is 119 cm³/mol. The summed E-state index contributed by atoms with van der Waals surface area (Å²) in [6, 6.07) is 4.07. The standard InChI is InChI=1S/C21H26N8O2/c1-13-11-28(9-7-22-13)17-4-6-23-19-15(17)5-8-29(19)21(30)24-16-10-14-12-27(2)26-18(14)25-20(16)31-3/h4,6,10,12-13,22H,5,7-9,11H2,1-3H3,(H,24,30)/t13-/m0/s1. The smallest absolute Gasteiger partial charge is 0.327 e. The van der Waals surface area contributed by atoms with Crippen LogP contribution in [0.1, 0.15) is 12.5 Å². The lowest BCUT2D eigenvalue weighted by Crippen LogP contribution is -2.49. The molecule has 0 radical (unpaired) electrons. The Morgan fingerprint density at radius 3 is 3.03 bits per heavy atom. The summed E-state index contributed by atoms with van der Waals surface area (Å²) in [5.41, 5.74) is 3.37. The van der Waals surface area contributed by atoms with Gasteiger partial charge in [-0.2, -0.15) is 10.1 Å². The Labute approximate surface area is 180 Å². The van der Waals surface area contributed by atoms with Crippen LogP contribution in [0.25, 0.3) is 11.0 Å². The zero-order valence-corrected chi connectivity index (χ0v) is 17.9. The molecular weight excluding hydrogens is 396 g/mol. The number of urea groups is 1. The van der Waals surface area contributed by atoms with Crippen molar-refractivity contribution in [2.45, 2.75) is 19.4 Å². The summed E-state index contributed by atoms with van der Waals surface area (Å²) in [5, 5.41) is 11.5. The third-order valence-electron chi connectivity index (χ3n) is 5.81. The summed E-state index contributed by atoms with van der Waals surface area (Å²) in [4.78, 5) is 26.2. The van der Waals surface area contributed by atoms with Crippen LogP contribution in [0.15, 0.2) is 24.5 Å². The molecule has 10 heteroatoms. The maximum absolute atomic E-state index is 13.2. The average molecular weight is 422 g/mol. The molecule has 0 bridgehead atoms. The molecule has 1 saturated heterocycles. The SMILES string of the molecule is COc1nc2nn(C)cc2cc1NC(=O)N1CCc2c(N3CCN[C@@H](C)C3)ccnc21. The first-order chi connectivity index (χ1) is 15.0. The lowest BCUT2D eigenvalue weighted by Gasteiger charge is -2.34. The van der Waals surface area contributed by atoms with Gasteiger partial charge in [0.2, 0.25) is 5.88 Å². The number of aromatic nitrogens is 4. The van der Waals surface area contributed by atoms with Crippen LogP contribution in [0, 0.1) is 0 Å². The van der Waals surface area contributed by atoms with Gasteiger partial charge >= 0.3 is 6.03 Å². The molecule has 0 unspecified atom stereocenters. The fourth-order valence-corrected chi connectivity index (χ4v) is 4.40. The van der Waals surface area contributed by atoms with Crippen LogP contribution in [-0.4, -0.2) is 65.1 Å². The molecule has 10 nitrogen and oxygen atoms in total. The number of nitrogens with zero attached hydrogens (tertiary/aromatic N) is 6. The number of anilines is 3. The van der Waals surface area contributed by atoms with E-state index in [1.807, 2.05) is 19.3 Å². The molecule has 3 aromatic heterocycles. The molecule has 3 aromatic rings. The van der Waals surface area contributed by atoms with E-state index in [9.17, 15) is 4.79 Å². The molecule has 1 fully saturated rings. The van der Waals surface area contributed by atoms with Crippen molar-refractivity contribution < 1.29 is 9.53 Å². The average Bonchev–Trinajstić information content (AvgIpc) is 3.35. The number of rotatable bonds is 3. The van der Waals surface area contributed by atoms with E-state index in [2.05, 4.69) is 43.6 Å².